The number of benzene rings is 1. The van der Waals surface area contributed by atoms with E-state index in [0.717, 1.165) is 30.2 Å². The van der Waals surface area contributed by atoms with Gasteiger partial charge in [-0.2, -0.15) is 0 Å². The van der Waals surface area contributed by atoms with Crippen LogP contribution in [0.5, 0.6) is 0 Å². The molecule has 4 heteroatoms. The molecule has 1 atom stereocenters. The molecule has 0 saturated carbocycles. The van der Waals surface area contributed by atoms with Crippen molar-refractivity contribution in [2.24, 2.45) is 0 Å². The van der Waals surface area contributed by atoms with Gasteiger partial charge in [-0.3, -0.25) is 0 Å². The number of fused-ring (bicyclic) bond motifs is 1. The third-order valence-electron chi connectivity index (χ3n) is 3.58. The molecule has 0 fully saturated rings. The number of hydrogen-bond donors (Lipinski definition) is 2. The number of anilines is 2. The van der Waals surface area contributed by atoms with Gasteiger partial charge in [-0.05, 0) is 55.5 Å². The maximum atomic E-state index is 5.86. The van der Waals surface area contributed by atoms with E-state index >= 15 is 0 Å². The first-order valence-corrected chi connectivity index (χ1v) is 6.67. The first-order chi connectivity index (χ1) is 9.22. The molecule has 1 aromatic heterocycles. The second-order valence-electron chi connectivity index (χ2n) is 5.04. The van der Waals surface area contributed by atoms with E-state index in [1.807, 2.05) is 19.1 Å². The summed E-state index contributed by atoms with van der Waals surface area (Å²) in [4.78, 5) is 8.53. The predicted octanol–water partition coefficient (Wildman–Crippen LogP) is 2.86. The van der Waals surface area contributed by atoms with Crippen molar-refractivity contribution in [2.45, 2.75) is 32.2 Å². The average molecular weight is 254 g/mol. The normalized spacial score (nSPS) is 17.8. The molecule has 4 nitrogen and oxygen atoms in total. The largest absolute Gasteiger partial charge is 0.399 e. The molecule has 0 bridgehead atoms. The Bertz CT molecular complexity index is 594. The lowest BCUT2D eigenvalue weighted by Gasteiger charge is -2.27. The summed E-state index contributed by atoms with van der Waals surface area (Å²) in [6.07, 6.45) is 5.21. The summed E-state index contributed by atoms with van der Waals surface area (Å²) < 4.78 is 0. The number of aromatic nitrogens is 2. The zero-order chi connectivity index (χ0) is 13.2. The lowest BCUT2D eigenvalue weighted by molar-refractivity contribution is 0.598. The van der Waals surface area contributed by atoms with Crippen LogP contribution in [0.25, 0.3) is 0 Å². The smallest absolute Gasteiger partial charge is 0.130 e. The standard InChI is InChI=1S/C15H18N4/c1-10-17-8-7-15(18-10)19-14-4-2-3-11-9-12(16)5-6-13(11)14/h5-9,14H,2-4,16H2,1H3,(H,17,18,19). The lowest BCUT2D eigenvalue weighted by Crippen LogP contribution is -2.18. The molecule has 3 N–H and O–H groups in total. The molecule has 0 aliphatic heterocycles. The Morgan fingerprint density at radius 1 is 1.32 bits per heavy atom. The molecule has 0 saturated heterocycles. The Labute approximate surface area is 113 Å². The van der Waals surface area contributed by atoms with Crippen LogP contribution in [0.2, 0.25) is 0 Å². The average Bonchev–Trinajstić information content (AvgIpc) is 2.38. The van der Waals surface area contributed by atoms with E-state index in [1.165, 1.54) is 17.5 Å². The Kier molecular flexibility index (Phi) is 3.07. The van der Waals surface area contributed by atoms with Crippen molar-refractivity contribution in [1.82, 2.24) is 9.97 Å². The Morgan fingerprint density at radius 3 is 3.05 bits per heavy atom. The maximum absolute atomic E-state index is 5.86. The van der Waals surface area contributed by atoms with Crippen molar-refractivity contribution in [1.29, 1.82) is 0 Å². The SMILES string of the molecule is Cc1nccc(NC2CCCc3cc(N)ccc32)n1. The van der Waals surface area contributed by atoms with Gasteiger partial charge in [0.05, 0.1) is 6.04 Å². The van der Waals surface area contributed by atoms with Gasteiger partial charge in [0.1, 0.15) is 11.6 Å². The van der Waals surface area contributed by atoms with E-state index in [0.29, 0.717) is 6.04 Å². The first-order valence-electron chi connectivity index (χ1n) is 6.67. The van der Waals surface area contributed by atoms with E-state index in [4.69, 9.17) is 5.73 Å². The zero-order valence-electron chi connectivity index (χ0n) is 11.1. The quantitative estimate of drug-likeness (QED) is 0.809. The van der Waals surface area contributed by atoms with Gasteiger partial charge in [0, 0.05) is 11.9 Å². The lowest BCUT2D eigenvalue weighted by atomic mass is 9.87. The van der Waals surface area contributed by atoms with Crippen LogP contribution < -0.4 is 11.1 Å². The van der Waals surface area contributed by atoms with Crippen LogP contribution in [-0.2, 0) is 6.42 Å². The third-order valence-corrected chi connectivity index (χ3v) is 3.58. The van der Waals surface area contributed by atoms with Gasteiger partial charge in [-0.1, -0.05) is 6.07 Å². The number of nitrogens with one attached hydrogen (secondary N) is 1. The van der Waals surface area contributed by atoms with Crippen molar-refractivity contribution < 1.29 is 0 Å². The second kappa shape index (κ2) is 4.88. The van der Waals surface area contributed by atoms with Crippen molar-refractivity contribution in [3.63, 3.8) is 0 Å². The second-order valence-corrected chi connectivity index (χ2v) is 5.04. The number of nitrogens with zero attached hydrogens (tertiary/aromatic N) is 2. The van der Waals surface area contributed by atoms with Gasteiger partial charge in [0.2, 0.25) is 0 Å². The Balaban J connectivity index is 1.87. The highest BCUT2D eigenvalue weighted by atomic mass is 15.0. The molecule has 0 amide bonds. The predicted molar refractivity (Wildman–Crippen MR) is 76.9 cm³/mol. The van der Waals surface area contributed by atoms with Gasteiger partial charge in [0.15, 0.2) is 0 Å². The zero-order valence-corrected chi connectivity index (χ0v) is 11.1. The van der Waals surface area contributed by atoms with E-state index in [1.54, 1.807) is 6.20 Å². The molecule has 2 aromatic rings. The minimum atomic E-state index is 0.318. The number of rotatable bonds is 2. The van der Waals surface area contributed by atoms with Gasteiger partial charge < -0.3 is 11.1 Å². The van der Waals surface area contributed by atoms with Gasteiger partial charge >= 0.3 is 0 Å². The van der Waals surface area contributed by atoms with Crippen LogP contribution >= 0.6 is 0 Å². The maximum Gasteiger partial charge on any atom is 0.130 e. The highest BCUT2D eigenvalue weighted by Gasteiger charge is 2.20. The number of nitrogens with two attached hydrogens (primary N) is 1. The summed E-state index contributed by atoms with van der Waals surface area (Å²) in [6, 6.07) is 8.44. The van der Waals surface area contributed by atoms with E-state index in [2.05, 4.69) is 27.4 Å². The van der Waals surface area contributed by atoms with Gasteiger partial charge in [-0.25, -0.2) is 9.97 Å². The Morgan fingerprint density at radius 2 is 2.21 bits per heavy atom. The number of aryl methyl sites for hydroxylation is 2. The minimum Gasteiger partial charge on any atom is -0.399 e. The van der Waals surface area contributed by atoms with Crippen molar-refractivity contribution in [3.8, 4) is 0 Å². The molecule has 1 aliphatic carbocycles. The van der Waals surface area contributed by atoms with Crippen molar-refractivity contribution in [2.75, 3.05) is 11.1 Å². The van der Waals surface area contributed by atoms with Gasteiger partial charge in [-0.15, -0.1) is 0 Å². The summed E-state index contributed by atoms with van der Waals surface area (Å²) in [5, 5.41) is 3.51. The highest BCUT2D eigenvalue weighted by molar-refractivity contribution is 5.49. The van der Waals surface area contributed by atoms with E-state index in [9.17, 15) is 0 Å². The molecular weight excluding hydrogens is 236 g/mol. The van der Waals surface area contributed by atoms with Crippen LogP contribution in [0.3, 0.4) is 0 Å². The fraction of sp³-hybridized carbons (Fsp3) is 0.333. The van der Waals surface area contributed by atoms with Crippen LogP contribution in [-0.4, -0.2) is 9.97 Å². The molecule has 0 radical (unpaired) electrons. The molecule has 19 heavy (non-hydrogen) atoms. The van der Waals surface area contributed by atoms with Crippen LogP contribution in [0.4, 0.5) is 11.5 Å². The van der Waals surface area contributed by atoms with Crippen molar-refractivity contribution in [3.05, 3.63) is 47.4 Å². The fourth-order valence-electron chi connectivity index (χ4n) is 2.70. The molecule has 1 aromatic carbocycles. The number of hydrogen-bond acceptors (Lipinski definition) is 4. The summed E-state index contributed by atoms with van der Waals surface area (Å²) >= 11 is 0. The monoisotopic (exact) mass is 254 g/mol. The fourth-order valence-corrected chi connectivity index (χ4v) is 2.70. The van der Waals surface area contributed by atoms with Crippen molar-refractivity contribution >= 4 is 11.5 Å². The minimum absolute atomic E-state index is 0.318. The van der Waals surface area contributed by atoms with Crippen LogP contribution in [0.1, 0.15) is 35.8 Å². The van der Waals surface area contributed by atoms with E-state index < -0.39 is 0 Å². The van der Waals surface area contributed by atoms with Gasteiger partial charge in [0.25, 0.3) is 0 Å². The molecule has 1 aliphatic rings. The molecule has 1 heterocycles. The summed E-state index contributed by atoms with van der Waals surface area (Å²) in [7, 11) is 0. The topological polar surface area (TPSA) is 63.8 Å². The third kappa shape index (κ3) is 2.52. The summed E-state index contributed by atoms with van der Waals surface area (Å²) in [5.74, 6) is 1.68. The highest BCUT2D eigenvalue weighted by Crippen LogP contribution is 2.33. The molecular formula is C15H18N4. The molecule has 98 valence electrons. The molecule has 3 rings (SSSR count). The van der Waals surface area contributed by atoms with E-state index in [-0.39, 0.29) is 0 Å². The van der Waals surface area contributed by atoms with Crippen LogP contribution in [0.15, 0.2) is 30.5 Å². The number of nitrogen functional groups attached to an aromatic ring is 1. The van der Waals surface area contributed by atoms with Crippen LogP contribution in [0, 0.1) is 6.92 Å². The molecule has 0 spiro atoms. The Hall–Kier alpha value is -2.10. The summed E-state index contributed by atoms with van der Waals surface area (Å²) in [5.41, 5.74) is 9.40. The molecule has 1 unspecified atom stereocenters. The first kappa shape index (κ1) is 12.0. The summed E-state index contributed by atoms with van der Waals surface area (Å²) in [6.45, 7) is 1.90.